The van der Waals surface area contributed by atoms with Crippen molar-refractivity contribution in [3.63, 3.8) is 0 Å². The van der Waals surface area contributed by atoms with Gasteiger partial charge in [-0.05, 0) is 18.7 Å². The van der Waals surface area contributed by atoms with E-state index in [9.17, 15) is 4.79 Å². The number of esters is 1. The molecule has 60 valence electrons. The fourth-order valence-electron chi connectivity index (χ4n) is 0.460. The number of nitrogens with one attached hydrogen (secondary N) is 1. The molecule has 0 aliphatic heterocycles. The monoisotopic (exact) mass is 167 g/mol. The van der Waals surface area contributed by atoms with E-state index >= 15 is 0 Å². The number of aliphatic hydroxyl groups excluding tert-OH is 1. The summed E-state index contributed by atoms with van der Waals surface area (Å²) in [6.07, 6.45) is -0.857. The lowest BCUT2D eigenvalue weighted by molar-refractivity contribution is -0.145. The number of methoxy groups -OCH3 is 1. The molecule has 0 heterocycles. The van der Waals surface area contributed by atoms with Gasteiger partial charge in [-0.25, -0.2) is 4.84 Å². The molecular weight excluding hydrogens is 158 g/mol. The van der Waals surface area contributed by atoms with Crippen LogP contribution in [-0.2, 0) is 9.53 Å². The highest BCUT2D eigenvalue weighted by Gasteiger charge is 2.22. The van der Waals surface area contributed by atoms with E-state index < -0.39 is 18.1 Å². The Morgan fingerprint density at radius 1 is 1.80 bits per heavy atom. The predicted octanol–water partition coefficient (Wildman–Crippen LogP) is -0.348. The van der Waals surface area contributed by atoms with E-state index in [2.05, 4.69) is 9.57 Å². The van der Waals surface area contributed by atoms with Crippen molar-refractivity contribution in [2.75, 3.05) is 7.11 Å². The van der Waals surface area contributed by atoms with Crippen LogP contribution in [0.25, 0.3) is 0 Å². The highest BCUT2D eigenvalue weighted by atomic mass is 35.5. The molecule has 0 aromatic heterocycles. The fourth-order valence-corrected chi connectivity index (χ4v) is 0.731. The molecule has 0 radical (unpaired) electrons. The molecule has 4 nitrogen and oxygen atoms in total. The number of hydrogen-bond donors (Lipinski definition) is 2. The Morgan fingerprint density at radius 3 is 2.40 bits per heavy atom. The van der Waals surface area contributed by atoms with Gasteiger partial charge < -0.3 is 9.84 Å². The minimum atomic E-state index is -0.857. The first-order chi connectivity index (χ1) is 4.63. The van der Waals surface area contributed by atoms with Crippen molar-refractivity contribution < 1.29 is 14.6 Å². The van der Waals surface area contributed by atoms with Gasteiger partial charge in [-0.15, -0.1) is 0 Å². The Balaban J connectivity index is 3.93. The van der Waals surface area contributed by atoms with Gasteiger partial charge in [-0.3, -0.25) is 4.79 Å². The van der Waals surface area contributed by atoms with Crippen LogP contribution in [-0.4, -0.2) is 30.3 Å². The fraction of sp³-hybridized carbons (Fsp3) is 0.800. The molecule has 0 amide bonds. The van der Waals surface area contributed by atoms with Gasteiger partial charge in [0.25, 0.3) is 0 Å². The van der Waals surface area contributed by atoms with E-state index in [1.165, 1.54) is 14.0 Å². The van der Waals surface area contributed by atoms with Crippen LogP contribution in [0.2, 0.25) is 0 Å². The Bertz CT molecular complexity index is 117. The molecule has 10 heavy (non-hydrogen) atoms. The average molecular weight is 168 g/mol. The molecule has 0 aromatic rings. The molecule has 0 aromatic carbocycles. The van der Waals surface area contributed by atoms with Crippen LogP contribution in [0.5, 0.6) is 0 Å². The quantitative estimate of drug-likeness (QED) is 0.446. The molecule has 0 rings (SSSR count). The maximum atomic E-state index is 10.7. The highest BCUT2D eigenvalue weighted by Crippen LogP contribution is 1.95. The molecule has 0 aliphatic rings. The molecule has 0 spiro atoms. The lowest BCUT2D eigenvalue weighted by Crippen LogP contribution is -2.41. The number of carbonyl (C=O) groups excluding carboxylic acids is 1. The number of ether oxygens (including phenoxy) is 1. The molecule has 0 unspecified atom stereocenters. The summed E-state index contributed by atoms with van der Waals surface area (Å²) < 4.78 is 4.32. The van der Waals surface area contributed by atoms with Crippen molar-refractivity contribution >= 4 is 17.7 Å². The lowest BCUT2D eigenvalue weighted by atomic mass is 10.2. The zero-order valence-electron chi connectivity index (χ0n) is 5.80. The Kier molecular flexibility index (Phi) is 4.34. The largest absolute Gasteiger partial charge is 0.468 e. The van der Waals surface area contributed by atoms with E-state index in [0.717, 1.165) is 0 Å². The first kappa shape index (κ1) is 9.68. The summed E-state index contributed by atoms with van der Waals surface area (Å²) in [4.78, 5) is 12.8. The van der Waals surface area contributed by atoms with Crippen LogP contribution in [0.3, 0.4) is 0 Å². The number of aliphatic hydroxyl groups is 1. The second-order valence-corrected chi connectivity index (χ2v) is 2.07. The summed E-state index contributed by atoms with van der Waals surface area (Å²) >= 11 is 5.13. The predicted molar refractivity (Wildman–Crippen MR) is 36.5 cm³/mol. The second kappa shape index (κ2) is 4.49. The second-order valence-electron chi connectivity index (χ2n) is 1.85. The Labute approximate surface area is 64.2 Å². The molecule has 5 heteroatoms. The highest BCUT2D eigenvalue weighted by molar-refractivity contribution is 6.14. The van der Waals surface area contributed by atoms with Gasteiger partial charge in [-0.2, -0.15) is 0 Å². The van der Waals surface area contributed by atoms with E-state index in [0.29, 0.717) is 0 Å². The third-order valence-corrected chi connectivity index (χ3v) is 1.29. The van der Waals surface area contributed by atoms with Crippen molar-refractivity contribution in [2.45, 2.75) is 19.1 Å². The minimum absolute atomic E-state index is 0.579. The van der Waals surface area contributed by atoms with E-state index in [1.807, 2.05) is 0 Å². The maximum Gasteiger partial charge on any atom is 0.326 e. The van der Waals surface area contributed by atoms with E-state index in [4.69, 9.17) is 16.9 Å². The first-order valence-electron chi connectivity index (χ1n) is 2.75. The normalized spacial score (nSPS) is 16.0. The van der Waals surface area contributed by atoms with Gasteiger partial charge >= 0.3 is 5.97 Å². The summed E-state index contributed by atoms with van der Waals surface area (Å²) in [7, 11) is 1.23. The SMILES string of the molecule is COC(=O)[C@@H](NCl)[C@H](C)O. The topological polar surface area (TPSA) is 58.6 Å². The third kappa shape index (κ3) is 2.51. The third-order valence-electron chi connectivity index (χ3n) is 1.06. The average Bonchev–Trinajstić information content (AvgIpc) is 1.88. The molecular formula is C5H10ClNO3. The molecule has 0 saturated heterocycles. The summed E-state index contributed by atoms with van der Waals surface area (Å²) in [5.41, 5.74) is 0. The number of halogens is 1. The van der Waals surface area contributed by atoms with Crippen LogP contribution < -0.4 is 4.84 Å². The molecule has 0 bridgehead atoms. The number of rotatable bonds is 3. The summed E-state index contributed by atoms with van der Waals surface area (Å²) in [5.74, 6) is -0.579. The molecule has 0 saturated carbocycles. The van der Waals surface area contributed by atoms with Gasteiger partial charge in [0.15, 0.2) is 0 Å². The van der Waals surface area contributed by atoms with Crippen LogP contribution in [0, 0.1) is 0 Å². The zero-order valence-corrected chi connectivity index (χ0v) is 6.55. The van der Waals surface area contributed by atoms with Crippen LogP contribution in [0.15, 0.2) is 0 Å². The number of hydrogen-bond acceptors (Lipinski definition) is 4. The lowest BCUT2D eigenvalue weighted by Gasteiger charge is -2.13. The standard InChI is InChI=1S/C5H10ClNO3/c1-3(8)4(7-6)5(9)10-2/h3-4,7-8H,1-2H3/t3-,4-/m0/s1. The minimum Gasteiger partial charge on any atom is -0.468 e. The van der Waals surface area contributed by atoms with Gasteiger partial charge in [-0.1, -0.05) is 0 Å². The van der Waals surface area contributed by atoms with Crippen molar-refractivity contribution in [1.29, 1.82) is 0 Å². The van der Waals surface area contributed by atoms with Gasteiger partial charge in [0.05, 0.1) is 13.2 Å². The Hall–Kier alpha value is -0.320. The van der Waals surface area contributed by atoms with Crippen LogP contribution in [0.1, 0.15) is 6.92 Å². The van der Waals surface area contributed by atoms with Crippen LogP contribution in [0.4, 0.5) is 0 Å². The van der Waals surface area contributed by atoms with Crippen molar-refractivity contribution in [3.05, 3.63) is 0 Å². The zero-order chi connectivity index (χ0) is 8.15. The van der Waals surface area contributed by atoms with Crippen molar-refractivity contribution in [1.82, 2.24) is 4.84 Å². The summed E-state index contributed by atoms with van der Waals surface area (Å²) in [5, 5.41) is 8.87. The van der Waals surface area contributed by atoms with E-state index in [1.54, 1.807) is 0 Å². The summed E-state index contributed by atoms with van der Waals surface area (Å²) in [6.45, 7) is 1.44. The molecule has 0 fully saturated rings. The van der Waals surface area contributed by atoms with E-state index in [-0.39, 0.29) is 0 Å². The Morgan fingerprint density at radius 2 is 2.30 bits per heavy atom. The van der Waals surface area contributed by atoms with Gasteiger partial charge in [0.2, 0.25) is 0 Å². The molecule has 2 N–H and O–H groups in total. The maximum absolute atomic E-state index is 10.7. The van der Waals surface area contributed by atoms with Crippen LogP contribution >= 0.6 is 11.8 Å². The molecule has 0 aliphatic carbocycles. The van der Waals surface area contributed by atoms with Crippen molar-refractivity contribution in [2.24, 2.45) is 0 Å². The van der Waals surface area contributed by atoms with Gasteiger partial charge in [0.1, 0.15) is 6.04 Å². The smallest absolute Gasteiger partial charge is 0.326 e. The van der Waals surface area contributed by atoms with Gasteiger partial charge in [0, 0.05) is 0 Å². The first-order valence-corrected chi connectivity index (χ1v) is 3.13. The molecule has 2 atom stereocenters. The number of carbonyl (C=O) groups is 1. The van der Waals surface area contributed by atoms with Crippen molar-refractivity contribution in [3.8, 4) is 0 Å². The summed E-state index contributed by atoms with van der Waals surface area (Å²) in [6, 6.07) is -0.855.